The number of hydrogen-bond donors (Lipinski definition) is 2. The molecule has 2 fully saturated rings. The number of hydrogen-bond acceptors (Lipinski definition) is 6. The molecule has 56 heavy (non-hydrogen) atoms. The Hall–Kier alpha value is -5.78. The number of fused-ring (bicyclic) bond motifs is 3. The number of amides is 1. The number of anilines is 1. The summed E-state index contributed by atoms with van der Waals surface area (Å²) in [7, 11) is 0. The smallest absolute Gasteiger partial charge is 0.278 e. The lowest BCUT2D eigenvalue weighted by atomic mass is 9.96. The number of para-hydroxylation sites is 1. The first-order valence-corrected chi connectivity index (χ1v) is 19.1. The van der Waals surface area contributed by atoms with Crippen molar-refractivity contribution in [2.24, 2.45) is 0 Å². The molecule has 2 aromatic heterocycles. The average Bonchev–Trinajstić information content (AvgIpc) is 3.67. The monoisotopic (exact) mass is 771 g/mol. The lowest BCUT2D eigenvalue weighted by molar-refractivity contribution is -0.0705. The van der Waals surface area contributed by atoms with Crippen LogP contribution in [-0.2, 0) is 23.5 Å². The molecule has 1 aliphatic carbocycles. The summed E-state index contributed by atoms with van der Waals surface area (Å²) in [4.78, 5) is 18.4. The molecule has 1 saturated heterocycles. The van der Waals surface area contributed by atoms with E-state index in [9.17, 15) is 9.18 Å². The van der Waals surface area contributed by atoms with E-state index in [0.29, 0.717) is 69.9 Å². The second kappa shape index (κ2) is 13.2. The molecule has 0 bridgehead atoms. The Morgan fingerprint density at radius 3 is 2.61 bits per heavy atom. The number of rotatable bonds is 9. The van der Waals surface area contributed by atoms with Crippen molar-refractivity contribution < 1.29 is 27.8 Å². The topological polar surface area (TPSA) is 103 Å². The summed E-state index contributed by atoms with van der Waals surface area (Å²) in [5, 5.41) is 11.8. The van der Waals surface area contributed by atoms with Gasteiger partial charge in [0.25, 0.3) is 11.7 Å². The largest absolute Gasteiger partial charge is 0.444 e. The molecule has 282 valence electrons. The van der Waals surface area contributed by atoms with Crippen LogP contribution in [0.3, 0.4) is 0 Å². The van der Waals surface area contributed by atoms with Crippen molar-refractivity contribution in [3.05, 3.63) is 135 Å². The first-order valence-electron chi connectivity index (χ1n) is 18.8. The molecule has 1 unspecified atom stereocenters. The third kappa shape index (κ3) is 6.06. The zero-order chi connectivity index (χ0) is 38.3. The van der Waals surface area contributed by atoms with Gasteiger partial charge in [0, 0.05) is 58.8 Å². The molecule has 1 saturated carbocycles. The molecule has 9 nitrogen and oxygen atoms in total. The molecule has 0 radical (unpaired) electrons. The predicted molar refractivity (Wildman–Crippen MR) is 210 cm³/mol. The van der Waals surface area contributed by atoms with Crippen molar-refractivity contribution in [3.63, 3.8) is 0 Å². The van der Waals surface area contributed by atoms with E-state index in [1.165, 1.54) is 18.2 Å². The van der Waals surface area contributed by atoms with E-state index in [1.54, 1.807) is 31.2 Å². The van der Waals surface area contributed by atoms with Crippen LogP contribution in [0.1, 0.15) is 70.7 Å². The standard InChI is InChI=1S/C44H36ClF2N5O4/c1-23-16-26(30-4-3-5-39-42(30)56-44(2,55-39)33-11-9-27(45)19-35(33)47)18-34(46)31(23)21-40-49-37-20-28(10-13-38(37)52(40)22-29-14-15-54-29)48-43(53)25-8-12-36-32(17-25)41(51-50-36)24-6-7-24/h3-5,8-13,16-20,24,29H,6-7,14-15,21-22H2,1-2H3,(H,48,53)(H,50,51)/t29-,44?/m0/s1. The lowest BCUT2D eigenvalue weighted by Crippen LogP contribution is -2.32. The van der Waals surface area contributed by atoms with Gasteiger partial charge >= 0.3 is 0 Å². The molecule has 3 aliphatic rings. The van der Waals surface area contributed by atoms with Gasteiger partial charge in [-0.25, -0.2) is 13.8 Å². The third-order valence-electron chi connectivity index (χ3n) is 11.2. The first kappa shape index (κ1) is 34.7. The van der Waals surface area contributed by atoms with Crippen LogP contribution in [-0.4, -0.2) is 38.4 Å². The Bertz CT molecular complexity index is 2720. The van der Waals surface area contributed by atoms with E-state index in [2.05, 4.69) is 20.1 Å². The SMILES string of the molecule is Cc1cc(-c2cccc3c2OC(C)(c2ccc(Cl)cc2F)O3)cc(F)c1Cc1nc2cc(NC(=O)c3ccc4n[nH]c(C5CC5)c4c3)ccc2n1C[C@@H]1CCO1. The first-order chi connectivity index (χ1) is 27.1. The molecule has 12 heteroatoms. The highest BCUT2D eigenvalue weighted by Gasteiger charge is 2.42. The number of aromatic amines is 1. The molecule has 4 heterocycles. The van der Waals surface area contributed by atoms with Crippen LogP contribution >= 0.6 is 11.6 Å². The van der Waals surface area contributed by atoms with Gasteiger partial charge in [-0.15, -0.1) is 0 Å². The minimum absolute atomic E-state index is 0.0339. The molecule has 1 amide bonds. The fourth-order valence-electron chi connectivity index (χ4n) is 7.92. The number of aromatic nitrogens is 4. The highest BCUT2D eigenvalue weighted by atomic mass is 35.5. The number of nitrogens with one attached hydrogen (secondary N) is 2. The molecule has 0 spiro atoms. The summed E-state index contributed by atoms with van der Waals surface area (Å²) in [5.41, 5.74) is 7.30. The number of H-pyrrole nitrogens is 1. The lowest BCUT2D eigenvalue weighted by Gasteiger charge is -2.27. The Balaban J connectivity index is 0.938. The van der Waals surface area contributed by atoms with Gasteiger partial charge in [-0.1, -0.05) is 29.8 Å². The van der Waals surface area contributed by atoms with Crippen LogP contribution in [0.25, 0.3) is 33.1 Å². The summed E-state index contributed by atoms with van der Waals surface area (Å²) >= 11 is 6.00. The predicted octanol–water partition coefficient (Wildman–Crippen LogP) is 9.97. The minimum Gasteiger partial charge on any atom is -0.444 e. The van der Waals surface area contributed by atoms with E-state index in [4.69, 9.17) is 30.8 Å². The second-order valence-electron chi connectivity index (χ2n) is 15.1. The summed E-state index contributed by atoms with van der Waals surface area (Å²) in [6.45, 7) is 4.79. The van der Waals surface area contributed by atoms with E-state index < -0.39 is 17.4 Å². The van der Waals surface area contributed by atoms with E-state index >= 15 is 4.39 Å². The molecule has 5 aromatic carbocycles. The molecule has 7 aromatic rings. The Kier molecular flexibility index (Phi) is 8.16. The summed E-state index contributed by atoms with van der Waals surface area (Å²) in [6, 6.07) is 24.3. The minimum atomic E-state index is -1.44. The summed E-state index contributed by atoms with van der Waals surface area (Å²) < 4.78 is 51.7. The van der Waals surface area contributed by atoms with Crippen LogP contribution in [0.4, 0.5) is 14.5 Å². The normalized spacial score (nSPS) is 18.8. The van der Waals surface area contributed by atoms with E-state index in [1.807, 2.05) is 49.4 Å². The maximum Gasteiger partial charge on any atom is 0.278 e. The van der Waals surface area contributed by atoms with Crippen molar-refractivity contribution >= 4 is 45.1 Å². The molecular formula is C44H36ClF2N5O4. The summed E-state index contributed by atoms with van der Waals surface area (Å²) in [6.07, 6.45) is 3.45. The number of imidazole rings is 1. The Labute approximate surface area is 325 Å². The number of halogens is 3. The number of carbonyl (C=O) groups excluding carboxylic acids is 1. The van der Waals surface area contributed by atoms with Crippen LogP contribution < -0.4 is 14.8 Å². The van der Waals surface area contributed by atoms with Crippen molar-refractivity contribution in [3.8, 4) is 22.6 Å². The van der Waals surface area contributed by atoms with Crippen molar-refractivity contribution in [2.45, 2.75) is 63.9 Å². The van der Waals surface area contributed by atoms with Gasteiger partial charge in [-0.2, -0.15) is 5.10 Å². The number of nitrogens with zero attached hydrogens (tertiary/aromatic N) is 3. The number of benzene rings is 5. The quantitative estimate of drug-likeness (QED) is 0.152. The van der Waals surface area contributed by atoms with Gasteiger partial charge < -0.3 is 24.1 Å². The van der Waals surface area contributed by atoms with Crippen molar-refractivity contribution in [1.29, 1.82) is 0 Å². The van der Waals surface area contributed by atoms with E-state index in [0.717, 1.165) is 46.9 Å². The van der Waals surface area contributed by atoms with Crippen LogP contribution in [0.2, 0.25) is 5.02 Å². The number of ether oxygens (including phenoxy) is 3. The molecule has 10 rings (SSSR count). The van der Waals surface area contributed by atoms with Gasteiger partial charge in [0.1, 0.15) is 17.5 Å². The van der Waals surface area contributed by atoms with Crippen LogP contribution in [0, 0.1) is 18.6 Å². The van der Waals surface area contributed by atoms with Gasteiger partial charge in [0.15, 0.2) is 11.5 Å². The molecule has 2 aliphatic heterocycles. The highest BCUT2D eigenvalue weighted by molar-refractivity contribution is 6.30. The summed E-state index contributed by atoms with van der Waals surface area (Å²) in [5.74, 6) is -0.637. The van der Waals surface area contributed by atoms with Gasteiger partial charge in [0.2, 0.25) is 0 Å². The zero-order valence-corrected chi connectivity index (χ0v) is 31.3. The van der Waals surface area contributed by atoms with Gasteiger partial charge in [0.05, 0.1) is 34.8 Å². The molecular weight excluding hydrogens is 736 g/mol. The van der Waals surface area contributed by atoms with E-state index in [-0.39, 0.29) is 29.0 Å². The van der Waals surface area contributed by atoms with Gasteiger partial charge in [-0.3, -0.25) is 9.89 Å². The molecule has 2 N–H and O–H groups in total. The molecule has 2 atom stereocenters. The Morgan fingerprint density at radius 1 is 0.982 bits per heavy atom. The van der Waals surface area contributed by atoms with Gasteiger partial charge in [-0.05, 0) is 110 Å². The second-order valence-corrected chi connectivity index (χ2v) is 15.5. The van der Waals surface area contributed by atoms with Crippen LogP contribution in [0.15, 0.2) is 84.9 Å². The Morgan fingerprint density at radius 2 is 1.84 bits per heavy atom. The van der Waals surface area contributed by atoms with Crippen molar-refractivity contribution in [1.82, 2.24) is 19.7 Å². The number of aryl methyl sites for hydroxylation is 1. The highest BCUT2D eigenvalue weighted by Crippen LogP contribution is 2.50. The average molecular weight is 772 g/mol. The fourth-order valence-corrected chi connectivity index (χ4v) is 8.08. The third-order valence-corrected chi connectivity index (χ3v) is 11.4. The maximum absolute atomic E-state index is 16.3. The maximum atomic E-state index is 16.3. The zero-order valence-electron chi connectivity index (χ0n) is 30.6. The fraction of sp³-hybridized carbons (Fsp3) is 0.250. The van der Waals surface area contributed by atoms with Crippen LogP contribution in [0.5, 0.6) is 11.5 Å². The number of carbonyl (C=O) groups is 1. The van der Waals surface area contributed by atoms with Crippen molar-refractivity contribution in [2.75, 3.05) is 11.9 Å².